The van der Waals surface area contributed by atoms with Gasteiger partial charge < -0.3 is 19.1 Å². The Hall–Kier alpha value is -3.85. The van der Waals surface area contributed by atoms with Crippen molar-refractivity contribution < 1.29 is 19.0 Å². The van der Waals surface area contributed by atoms with Crippen LogP contribution in [-0.4, -0.2) is 45.0 Å². The highest BCUT2D eigenvalue weighted by atomic mass is 32.1. The van der Waals surface area contributed by atoms with Crippen molar-refractivity contribution >= 4 is 29.1 Å². The number of hydrogen-bond donors (Lipinski definition) is 0. The maximum absolute atomic E-state index is 13.9. The van der Waals surface area contributed by atoms with Crippen molar-refractivity contribution in [3.63, 3.8) is 0 Å². The summed E-state index contributed by atoms with van der Waals surface area (Å²) in [7, 11) is 5.51. The van der Waals surface area contributed by atoms with E-state index in [0.29, 0.717) is 44.3 Å². The summed E-state index contributed by atoms with van der Waals surface area (Å²) in [5.41, 5.74) is 3.13. The molecule has 1 aliphatic rings. The van der Waals surface area contributed by atoms with Gasteiger partial charge in [0.25, 0.3) is 5.56 Å². The Labute approximate surface area is 219 Å². The number of rotatable bonds is 8. The average molecular weight is 522 g/mol. The van der Waals surface area contributed by atoms with Gasteiger partial charge in [0.2, 0.25) is 0 Å². The first-order valence-electron chi connectivity index (χ1n) is 12.1. The fourth-order valence-electron chi connectivity index (χ4n) is 4.31. The van der Waals surface area contributed by atoms with Crippen LogP contribution in [0.25, 0.3) is 6.08 Å². The zero-order valence-electron chi connectivity index (χ0n) is 21.9. The van der Waals surface area contributed by atoms with Gasteiger partial charge in [0, 0.05) is 25.3 Å². The molecular formula is C28H31N3O5S. The molecule has 37 heavy (non-hydrogen) atoms. The third kappa shape index (κ3) is 5.04. The number of ether oxygens (including phenoxy) is 3. The largest absolute Gasteiger partial charge is 0.493 e. The summed E-state index contributed by atoms with van der Waals surface area (Å²) in [4.78, 5) is 34.2. The second kappa shape index (κ2) is 11.0. The summed E-state index contributed by atoms with van der Waals surface area (Å²) in [6.45, 7) is 5.96. The molecule has 1 aliphatic heterocycles. The third-order valence-corrected chi connectivity index (χ3v) is 7.02. The highest BCUT2D eigenvalue weighted by Crippen LogP contribution is 2.40. The molecule has 3 aromatic rings. The van der Waals surface area contributed by atoms with E-state index in [1.807, 2.05) is 68.4 Å². The Morgan fingerprint density at radius 3 is 2.49 bits per heavy atom. The number of aromatic nitrogens is 1. The number of esters is 1. The number of para-hydroxylation sites is 1. The molecule has 0 saturated carbocycles. The molecule has 0 fully saturated rings. The van der Waals surface area contributed by atoms with E-state index < -0.39 is 12.0 Å². The first-order valence-corrected chi connectivity index (χ1v) is 12.9. The Bertz CT molecular complexity index is 1520. The predicted octanol–water partition coefficient (Wildman–Crippen LogP) is 3.27. The molecule has 0 aliphatic carbocycles. The highest BCUT2D eigenvalue weighted by molar-refractivity contribution is 7.07. The van der Waals surface area contributed by atoms with E-state index in [9.17, 15) is 9.59 Å². The lowest BCUT2D eigenvalue weighted by atomic mass is 9.94. The normalized spacial score (nSPS) is 15.2. The summed E-state index contributed by atoms with van der Waals surface area (Å²) in [6.07, 6.45) is 1.85. The highest BCUT2D eigenvalue weighted by Gasteiger charge is 2.35. The van der Waals surface area contributed by atoms with Gasteiger partial charge in [-0.05, 0) is 50.6 Å². The summed E-state index contributed by atoms with van der Waals surface area (Å²) in [5.74, 6) is 0.468. The molecule has 4 rings (SSSR count). The molecule has 0 unspecified atom stereocenters. The molecule has 0 radical (unpaired) electrons. The van der Waals surface area contributed by atoms with Crippen molar-refractivity contribution in [2.24, 2.45) is 4.99 Å². The number of hydrogen-bond acceptors (Lipinski definition) is 8. The van der Waals surface area contributed by atoms with Gasteiger partial charge in [-0.15, -0.1) is 0 Å². The van der Waals surface area contributed by atoms with Gasteiger partial charge in [-0.2, -0.15) is 0 Å². The third-order valence-electron chi connectivity index (χ3n) is 6.04. The van der Waals surface area contributed by atoms with Crippen LogP contribution in [0, 0.1) is 0 Å². The van der Waals surface area contributed by atoms with Crippen molar-refractivity contribution in [3.05, 3.63) is 84.5 Å². The number of thiazole rings is 1. The monoisotopic (exact) mass is 521 g/mol. The van der Waals surface area contributed by atoms with E-state index >= 15 is 0 Å². The van der Waals surface area contributed by atoms with E-state index in [0.717, 1.165) is 11.3 Å². The van der Waals surface area contributed by atoms with Crippen molar-refractivity contribution in [2.45, 2.75) is 26.8 Å². The molecule has 194 valence electrons. The van der Waals surface area contributed by atoms with Crippen molar-refractivity contribution in [1.82, 2.24) is 4.57 Å². The Morgan fingerprint density at radius 1 is 1.14 bits per heavy atom. The molecule has 0 saturated heterocycles. The van der Waals surface area contributed by atoms with E-state index in [-0.39, 0.29) is 12.2 Å². The zero-order valence-corrected chi connectivity index (χ0v) is 22.7. The van der Waals surface area contributed by atoms with Crippen LogP contribution in [-0.2, 0) is 9.53 Å². The van der Waals surface area contributed by atoms with E-state index in [1.165, 1.54) is 11.3 Å². The SMILES string of the molecule is CCOC(=O)C1=C(C)N=c2sc(=Cc3ccc(N(C)C)cc3)c(=O)n2[C@@H]1c1cccc(OC)c1OCC. The van der Waals surface area contributed by atoms with Gasteiger partial charge in [0.05, 0.1) is 36.1 Å². The van der Waals surface area contributed by atoms with Gasteiger partial charge in [0.15, 0.2) is 16.3 Å². The molecule has 2 heterocycles. The fraction of sp³-hybridized carbons (Fsp3) is 0.321. The van der Waals surface area contributed by atoms with Crippen molar-refractivity contribution in [2.75, 3.05) is 39.3 Å². The Balaban J connectivity index is 1.97. The lowest BCUT2D eigenvalue weighted by Crippen LogP contribution is -2.40. The van der Waals surface area contributed by atoms with E-state index in [4.69, 9.17) is 14.2 Å². The molecule has 9 heteroatoms. The lowest BCUT2D eigenvalue weighted by molar-refractivity contribution is -0.139. The number of fused-ring (bicyclic) bond motifs is 1. The van der Waals surface area contributed by atoms with Crippen LogP contribution in [0.15, 0.2) is 63.5 Å². The van der Waals surface area contributed by atoms with Crippen LogP contribution in [0.3, 0.4) is 0 Å². The fourth-order valence-corrected chi connectivity index (χ4v) is 5.36. The molecule has 1 aromatic heterocycles. The Morgan fingerprint density at radius 2 is 1.86 bits per heavy atom. The molecule has 0 bridgehead atoms. The number of benzene rings is 2. The smallest absolute Gasteiger partial charge is 0.338 e. The average Bonchev–Trinajstić information content (AvgIpc) is 3.18. The van der Waals surface area contributed by atoms with Crippen LogP contribution in [0.5, 0.6) is 11.5 Å². The first kappa shape index (κ1) is 26.2. The second-order valence-corrected chi connectivity index (χ2v) is 9.61. The summed E-state index contributed by atoms with van der Waals surface area (Å²) < 4.78 is 19.0. The maximum Gasteiger partial charge on any atom is 0.338 e. The summed E-state index contributed by atoms with van der Waals surface area (Å²) >= 11 is 1.29. The zero-order chi connectivity index (χ0) is 26.7. The summed E-state index contributed by atoms with van der Waals surface area (Å²) in [6, 6.07) is 12.6. The predicted molar refractivity (Wildman–Crippen MR) is 145 cm³/mol. The first-order chi connectivity index (χ1) is 17.8. The van der Waals surface area contributed by atoms with Crippen molar-refractivity contribution in [3.8, 4) is 11.5 Å². The molecule has 1 atom stereocenters. The molecule has 2 aromatic carbocycles. The minimum absolute atomic E-state index is 0.201. The second-order valence-electron chi connectivity index (χ2n) is 8.60. The molecule has 8 nitrogen and oxygen atoms in total. The van der Waals surface area contributed by atoms with Gasteiger partial charge >= 0.3 is 5.97 Å². The number of anilines is 1. The number of allylic oxidation sites excluding steroid dienone is 1. The van der Waals surface area contributed by atoms with E-state index in [1.54, 1.807) is 31.6 Å². The van der Waals surface area contributed by atoms with Crippen molar-refractivity contribution in [1.29, 1.82) is 0 Å². The van der Waals surface area contributed by atoms with Gasteiger partial charge in [-0.1, -0.05) is 35.6 Å². The lowest BCUT2D eigenvalue weighted by Gasteiger charge is -2.26. The molecule has 0 N–H and O–H groups in total. The standard InChI is InChI=1S/C28H31N3O5S/c1-7-35-25-20(10-9-11-21(25)34-6)24-23(27(33)36-8-2)17(3)29-28-31(24)26(32)22(37-28)16-18-12-14-19(15-13-18)30(4)5/h9-16,24H,7-8H2,1-6H3/t24-/m1/s1. The number of methoxy groups -OCH3 is 1. The van der Waals surface area contributed by atoms with Crippen LogP contribution >= 0.6 is 11.3 Å². The summed E-state index contributed by atoms with van der Waals surface area (Å²) in [5, 5.41) is 0. The van der Waals surface area contributed by atoms with Gasteiger partial charge in [-0.3, -0.25) is 9.36 Å². The van der Waals surface area contributed by atoms with E-state index in [2.05, 4.69) is 4.99 Å². The molecule has 0 amide bonds. The van der Waals surface area contributed by atoms with Crippen LogP contribution < -0.4 is 29.3 Å². The van der Waals surface area contributed by atoms with Crippen LogP contribution in [0.4, 0.5) is 5.69 Å². The minimum Gasteiger partial charge on any atom is -0.493 e. The Kier molecular flexibility index (Phi) is 7.83. The molecule has 0 spiro atoms. The maximum atomic E-state index is 13.9. The van der Waals surface area contributed by atoms with Gasteiger partial charge in [0.1, 0.15) is 6.04 Å². The topological polar surface area (TPSA) is 82.4 Å². The van der Waals surface area contributed by atoms with Gasteiger partial charge in [-0.25, -0.2) is 9.79 Å². The van der Waals surface area contributed by atoms with Crippen LogP contribution in [0.2, 0.25) is 0 Å². The number of nitrogens with zero attached hydrogens (tertiary/aromatic N) is 3. The number of carbonyl (C=O) groups is 1. The minimum atomic E-state index is -0.787. The number of carbonyl (C=O) groups excluding carboxylic acids is 1. The molecular weight excluding hydrogens is 490 g/mol. The quantitative estimate of drug-likeness (QED) is 0.423. The van der Waals surface area contributed by atoms with Crippen LogP contribution in [0.1, 0.15) is 37.9 Å².